The Morgan fingerprint density at radius 1 is 0.889 bits per heavy atom. The van der Waals surface area contributed by atoms with Crippen molar-refractivity contribution in [3.63, 3.8) is 0 Å². The number of amides is 4. The fourth-order valence-corrected chi connectivity index (χ4v) is 1.65. The van der Waals surface area contributed by atoms with Crippen LogP contribution >= 0.6 is 0 Å². The standard InChI is InChI=1S/2C5H8N2O2/c2*6-5(9)3-1-2-4(8)7-3/h2*3H,1-2H2,(H2,6,9)(H,7,8)/t2*3-/m00/s1. The van der Waals surface area contributed by atoms with E-state index in [-0.39, 0.29) is 11.8 Å². The quantitative estimate of drug-likeness (QED) is 0.432. The summed E-state index contributed by atoms with van der Waals surface area (Å²) in [6, 6.07) is -0.838. The molecule has 100 valence electrons. The average molecular weight is 256 g/mol. The van der Waals surface area contributed by atoms with E-state index in [1.54, 1.807) is 0 Å². The summed E-state index contributed by atoms with van der Waals surface area (Å²) in [4.78, 5) is 41.6. The van der Waals surface area contributed by atoms with Crippen LogP contribution in [0.25, 0.3) is 0 Å². The summed E-state index contributed by atoms with van der Waals surface area (Å²) in [5.74, 6) is -1.06. The van der Waals surface area contributed by atoms with E-state index in [9.17, 15) is 19.2 Å². The zero-order chi connectivity index (χ0) is 13.7. The first kappa shape index (κ1) is 13.9. The highest BCUT2D eigenvalue weighted by Crippen LogP contribution is 2.05. The van der Waals surface area contributed by atoms with Crippen molar-refractivity contribution in [3.8, 4) is 0 Å². The van der Waals surface area contributed by atoms with Crippen molar-refractivity contribution in [2.24, 2.45) is 11.5 Å². The SMILES string of the molecule is NC(=O)[C@@H]1CCC(=O)N1.NC(=O)[C@@H]1CCC(=O)N1. The highest BCUT2D eigenvalue weighted by atomic mass is 16.2. The first-order valence-corrected chi connectivity index (χ1v) is 5.57. The van der Waals surface area contributed by atoms with E-state index in [4.69, 9.17) is 11.5 Å². The van der Waals surface area contributed by atoms with E-state index in [1.165, 1.54) is 0 Å². The second-order valence-corrected chi connectivity index (χ2v) is 4.12. The van der Waals surface area contributed by atoms with Crippen LogP contribution in [0.5, 0.6) is 0 Å². The molecule has 6 N–H and O–H groups in total. The molecular formula is C10H16N4O4. The summed E-state index contributed by atoms with van der Waals surface area (Å²) in [5.41, 5.74) is 9.81. The third kappa shape index (κ3) is 4.04. The van der Waals surface area contributed by atoms with Crippen LogP contribution in [-0.4, -0.2) is 35.7 Å². The van der Waals surface area contributed by atoms with Crippen molar-refractivity contribution in [1.82, 2.24) is 10.6 Å². The van der Waals surface area contributed by atoms with E-state index in [1.807, 2.05) is 0 Å². The maximum atomic E-state index is 10.4. The van der Waals surface area contributed by atoms with E-state index >= 15 is 0 Å². The molecule has 0 spiro atoms. The van der Waals surface area contributed by atoms with Gasteiger partial charge in [0.1, 0.15) is 12.1 Å². The molecule has 0 saturated carbocycles. The molecule has 0 aromatic heterocycles. The van der Waals surface area contributed by atoms with Crippen molar-refractivity contribution < 1.29 is 19.2 Å². The minimum absolute atomic E-state index is 0.0844. The van der Waals surface area contributed by atoms with Gasteiger partial charge in [-0.1, -0.05) is 0 Å². The number of hydrogen-bond donors (Lipinski definition) is 4. The maximum absolute atomic E-state index is 10.4. The molecule has 8 heteroatoms. The smallest absolute Gasteiger partial charge is 0.240 e. The molecule has 0 aromatic carbocycles. The van der Waals surface area contributed by atoms with Gasteiger partial charge in [0.15, 0.2) is 0 Å². The normalized spacial score (nSPS) is 25.8. The van der Waals surface area contributed by atoms with Crippen LogP contribution in [0.3, 0.4) is 0 Å². The van der Waals surface area contributed by atoms with E-state index in [0.29, 0.717) is 25.7 Å². The van der Waals surface area contributed by atoms with Gasteiger partial charge in [-0.05, 0) is 12.8 Å². The van der Waals surface area contributed by atoms with Crippen molar-refractivity contribution in [2.75, 3.05) is 0 Å². The lowest BCUT2D eigenvalue weighted by molar-refractivity contribution is -0.123. The molecule has 4 amide bonds. The van der Waals surface area contributed by atoms with Crippen LogP contribution in [0.1, 0.15) is 25.7 Å². The Labute approximate surface area is 103 Å². The molecule has 0 unspecified atom stereocenters. The molecule has 0 bridgehead atoms. The topological polar surface area (TPSA) is 144 Å². The van der Waals surface area contributed by atoms with Crippen LogP contribution < -0.4 is 22.1 Å². The molecule has 8 nitrogen and oxygen atoms in total. The average Bonchev–Trinajstić information content (AvgIpc) is 2.88. The summed E-state index contributed by atoms with van der Waals surface area (Å²) < 4.78 is 0. The van der Waals surface area contributed by atoms with Gasteiger partial charge in [0.05, 0.1) is 0 Å². The van der Waals surface area contributed by atoms with Gasteiger partial charge in [0, 0.05) is 12.8 Å². The van der Waals surface area contributed by atoms with Gasteiger partial charge in [0.25, 0.3) is 0 Å². The van der Waals surface area contributed by atoms with Crippen LogP contribution in [0, 0.1) is 0 Å². The van der Waals surface area contributed by atoms with E-state index in [2.05, 4.69) is 10.6 Å². The molecule has 2 rings (SSSR count). The molecule has 2 atom stereocenters. The molecule has 18 heavy (non-hydrogen) atoms. The number of hydrogen-bond acceptors (Lipinski definition) is 4. The summed E-state index contributed by atoms with van der Waals surface area (Å²) in [5, 5.41) is 4.88. The van der Waals surface area contributed by atoms with Crippen molar-refractivity contribution in [3.05, 3.63) is 0 Å². The molecule has 2 aliphatic rings. The van der Waals surface area contributed by atoms with Crippen LogP contribution in [0.15, 0.2) is 0 Å². The third-order valence-corrected chi connectivity index (χ3v) is 2.68. The summed E-state index contributed by atoms with van der Waals surface area (Å²) >= 11 is 0. The third-order valence-electron chi connectivity index (χ3n) is 2.68. The lowest BCUT2D eigenvalue weighted by Crippen LogP contribution is -2.37. The van der Waals surface area contributed by atoms with Crippen LogP contribution in [-0.2, 0) is 19.2 Å². The van der Waals surface area contributed by atoms with Gasteiger partial charge in [-0.15, -0.1) is 0 Å². The second-order valence-electron chi connectivity index (χ2n) is 4.12. The van der Waals surface area contributed by atoms with Gasteiger partial charge in [-0.25, -0.2) is 0 Å². The Bertz CT molecular complexity index is 346. The van der Waals surface area contributed by atoms with Crippen molar-refractivity contribution in [1.29, 1.82) is 0 Å². The molecule has 2 saturated heterocycles. The predicted octanol–water partition coefficient (Wildman–Crippen LogP) is -2.50. The lowest BCUT2D eigenvalue weighted by Gasteiger charge is -2.01. The Morgan fingerprint density at radius 2 is 1.22 bits per heavy atom. The molecule has 0 radical (unpaired) electrons. The molecule has 2 aliphatic heterocycles. The van der Waals surface area contributed by atoms with E-state index in [0.717, 1.165) is 0 Å². The Kier molecular flexibility index (Phi) is 4.64. The zero-order valence-corrected chi connectivity index (χ0v) is 9.77. The Hall–Kier alpha value is -2.12. The monoisotopic (exact) mass is 256 g/mol. The maximum Gasteiger partial charge on any atom is 0.240 e. The summed E-state index contributed by atoms with van der Waals surface area (Å²) in [7, 11) is 0. The second kappa shape index (κ2) is 5.99. The summed E-state index contributed by atoms with van der Waals surface area (Å²) in [6.45, 7) is 0. The molecular weight excluding hydrogens is 240 g/mol. The van der Waals surface area contributed by atoms with Gasteiger partial charge < -0.3 is 22.1 Å². The minimum Gasteiger partial charge on any atom is -0.368 e. The first-order valence-electron chi connectivity index (χ1n) is 5.57. The number of rotatable bonds is 2. The number of nitrogens with two attached hydrogens (primary N) is 2. The Morgan fingerprint density at radius 3 is 1.33 bits per heavy atom. The predicted molar refractivity (Wildman–Crippen MR) is 60.7 cm³/mol. The molecule has 2 heterocycles. The van der Waals surface area contributed by atoms with Gasteiger partial charge >= 0.3 is 0 Å². The van der Waals surface area contributed by atoms with Gasteiger partial charge in [0.2, 0.25) is 23.6 Å². The molecule has 2 fully saturated rings. The Balaban J connectivity index is 0.000000180. The number of nitrogens with one attached hydrogen (secondary N) is 2. The minimum atomic E-state index is -0.444. The van der Waals surface area contributed by atoms with Crippen molar-refractivity contribution >= 4 is 23.6 Å². The molecule has 0 aliphatic carbocycles. The zero-order valence-electron chi connectivity index (χ0n) is 9.77. The number of primary amides is 2. The number of carbonyl (C=O) groups is 4. The summed E-state index contributed by atoms with van der Waals surface area (Å²) in [6.07, 6.45) is 1.95. The van der Waals surface area contributed by atoms with E-state index < -0.39 is 23.9 Å². The largest absolute Gasteiger partial charge is 0.368 e. The first-order chi connectivity index (χ1) is 8.40. The van der Waals surface area contributed by atoms with Gasteiger partial charge in [-0.2, -0.15) is 0 Å². The molecule has 0 aromatic rings. The fraction of sp³-hybridized carbons (Fsp3) is 0.600. The lowest BCUT2D eigenvalue weighted by atomic mass is 10.2. The van der Waals surface area contributed by atoms with Crippen molar-refractivity contribution in [2.45, 2.75) is 37.8 Å². The highest BCUT2D eigenvalue weighted by Gasteiger charge is 2.25. The van der Waals surface area contributed by atoms with Crippen LogP contribution in [0.4, 0.5) is 0 Å². The number of carbonyl (C=O) groups excluding carboxylic acids is 4. The van der Waals surface area contributed by atoms with Crippen LogP contribution in [0.2, 0.25) is 0 Å². The highest BCUT2D eigenvalue weighted by molar-refractivity contribution is 5.90. The van der Waals surface area contributed by atoms with Gasteiger partial charge in [-0.3, -0.25) is 19.2 Å². The fourth-order valence-electron chi connectivity index (χ4n) is 1.65.